The van der Waals surface area contributed by atoms with E-state index in [9.17, 15) is 23.3 Å². The molecular formula is C35H30N4O6S. The van der Waals surface area contributed by atoms with Crippen molar-refractivity contribution in [3.05, 3.63) is 154 Å². The second kappa shape index (κ2) is 12.4. The van der Waals surface area contributed by atoms with E-state index in [4.69, 9.17) is 4.74 Å². The van der Waals surface area contributed by atoms with Crippen LogP contribution in [0.1, 0.15) is 33.2 Å². The number of ether oxygens (including phenoxy) is 1. The van der Waals surface area contributed by atoms with Crippen LogP contribution in [0, 0.1) is 17.0 Å². The van der Waals surface area contributed by atoms with Gasteiger partial charge in [-0.25, -0.2) is 8.42 Å². The van der Waals surface area contributed by atoms with Crippen LogP contribution >= 0.6 is 0 Å². The molecule has 11 heteroatoms. The topological polar surface area (TPSA) is 122 Å². The maximum atomic E-state index is 14.6. The molecular weight excluding hydrogens is 604 g/mol. The van der Waals surface area contributed by atoms with Crippen LogP contribution in [0.4, 0.5) is 22.7 Å². The van der Waals surface area contributed by atoms with Crippen molar-refractivity contribution < 1.29 is 22.9 Å². The van der Waals surface area contributed by atoms with Crippen LogP contribution < -0.4 is 19.3 Å². The van der Waals surface area contributed by atoms with Gasteiger partial charge in [-0.15, -0.1) is 0 Å². The van der Waals surface area contributed by atoms with Gasteiger partial charge in [0.1, 0.15) is 11.9 Å². The van der Waals surface area contributed by atoms with E-state index in [1.807, 2.05) is 54.3 Å². The Morgan fingerprint density at radius 2 is 1.54 bits per heavy atom. The predicted octanol–water partition coefficient (Wildman–Crippen LogP) is 7.08. The molecule has 0 unspecified atom stereocenters. The van der Waals surface area contributed by atoms with Crippen molar-refractivity contribution in [3.8, 4) is 5.75 Å². The molecule has 1 amide bonds. The molecule has 0 saturated heterocycles. The molecule has 0 spiro atoms. The number of aryl methyl sites for hydroxylation is 1. The van der Waals surface area contributed by atoms with Crippen molar-refractivity contribution in [2.45, 2.75) is 24.5 Å². The van der Waals surface area contributed by atoms with Crippen molar-refractivity contribution >= 4 is 38.7 Å². The number of nitro benzene ring substituents is 1. The summed E-state index contributed by atoms with van der Waals surface area (Å²) >= 11 is 0. The van der Waals surface area contributed by atoms with Gasteiger partial charge in [0, 0.05) is 24.0 Å². The highest BCUT2D eigenvalue weighted by molar-refractivity contribution is 7.92. The number of carbonyl (C=O) groups is 1. The fraction of sp³-hybridized carbons (Fsp3) is 0.114. The molecule has 0 aliphatic carbocycles. The summed E-state index contributed by atoms with van der Waals surface area (Å²) in [4.78, 5) is 29.7. The molecule has 0 bridgehead atoms. The second-order valence-corrected chi connectivity index (χ2v) is 12.5. The Morgan fingerprint density at radius 3 is 2.22 bits per heavy atom. The first-order chi connectivity index (χ1) is 22.2. The van der Waals surface area contributed by atoms with Gasteiger partial charge < -0.3 is 9.64 Å². The molecule has 46 heavy (non-hydrogen) atoms. The summed E-state index contributed by atoms with van der Waals surface area (Å²) in [5.74, 6) is 0.0815. The first-order valence-electron chi connectivity index (χ1n) is 14.4. The number of anilines is 3. The zero-order chi connectivity index (χ0) is 32.4. The Bertz CT molecular complexity index is 2020. The summed E-state index contributed by atoms with van der Waals surface area (Å²) in [5, 5.41) is 12.3. The van der Waals surface area contributed by atoms with Crippen LogP contribution in [-0.4, -0.2) is 26.4 Å². The van der Waals surface area contributed by atoms with Gasteiger partial charge in [0.25, 0.3) is 21.6 Å². The number of amides is 1. The highest BCUT2D eigenvalue weighted by Crippen LogP contribution is 2.45. The number of sulfonamides is 1. The average molecular weight is 635 g/mol. The van der Waals surface area contributed by atoms with E-state index in [1.54, 1.807) is 60.7 Å². The van der Waals surface area contributed by atoms with Gasteiger partial charge in [-0.2, -0.15) is 0 Å². The van der Waals surface area contributed by atoms with Gasteiger partial charge in [0.2, 0.25) is 0 Å². The zero-order valence-corrected chi connectivity index (χ0v) is 25.8. The second-order valence-electron chi connectivity index (χ2n) is 10.8. The molecule has 1 aliphatic rings. The monoisotopic (exact) mass is 634 g/mol. The highest BCUT2D eigenvalue weighted by atomic mass is 32.2. The first-order valence-corrected chi connectivity index (χ1v) is 15.9. The van der Waals surface area contributed by atoms with Crippen molar-refractivity contribution in [1.29, 1.82) is 0 Å². The number of hydrogen-bond acceptors (Lipinski definition) is 7. The number of benzene rings is 5. The van der Waals surface area contributed by atoms with E-state index in [1.165, 1.54) is 30.2 Å². The van der Waals surface area contributed by atoms with Crippen LogP contribution in [0.5, 0.6) is 5.75 Å². The lowest BCUT2D eigenvalue weighted by atomic mass is 9.98. The minimum absolute atomic E-state index is 0.108. The SMILES string of the molecule is COc1ccc(NS(=O)(=O)c2ccc3c(c2)C(=O)N(c2ccc(C)cc2)[C@@H](c2ccccc2[N+](=O)[O-])N3Cc2ccccc2)cc1. The van der Waals surface area contributed by atoms with E-state index in [0.29, 0.717) is 28.4 Å². The molecule has 1 heterocycles. The van der Waals surface area contributed by atoms with Crippen molar-refractivity contribution in [3.63, 3.8) is 0 Å². The van der Waals surface area contributed by atoms with Crippen molar-refractivity contribution in [1.82, 2.24) is 0 Å². The van der Waals surface area contributed by atoms with E-state index in [-0.39, 0.29) is 22.7 Å². The summed E-state index contributed by atoms with van der Waals surface area (Å²) in [6, 6.07) is 34.0. The van der Waals surface area contributed by atoms with E-state index in [0.717, 1.165) is 11.1 Å². The number of carbonyl (C=O) groups excluding carboxylic acids is 1. The Hall–Kier alpha value is -5.68. The number of nitrogens with zero attached hydrogens (tertiary/aromatic N) is 3. The van der Waals surface area contributed by atoms with Crippen molar-refractivity contribution in [2.75, 3.05) is 21.6 Å². The lowest BCUT2D eigenvalue weighted by Gasteiger charge is -2.45. The van der Waals surface area contributed by atoms with Gasteiger partial charge in [-0.05, 0) is 73.2 Å². The molecule has 1 N–H and O–H groups in total. The molecule has 10 nitrogen and oxygen atoms in total. The predicted molar refractivity (Wildman–Crippen MR) is 177 cm³/mol. The lowest BCUT2D eigenvalue weighted by Crippen LogP contribution is -2.49. The minimum Gasteiger partial charge on any atom is -0.497 e. The average Bonchev–Trinajstić information content (AvgIpc) is 3.07. The van der Waals surface area contributed by atoms with Crippen molar-refractivity contribution in [2.24, 2.45) is 0 Å². The van der Waals surface area contributed by atoms with E-state index in [2.05, 4.69) is 4.72 Å². The van der Waals surface area contributed by atoms with Crippen LogP contribution in [0.3, 0.4) is 0 Å². The molecule has 232 valence electrons. The molecule has 1 atom stereocenters. The summed E-state index contributed by atoms with van der Waals surface area (Å²) in [5.41, 5.74) is 3.47. The minimum atomic E-state index is -4.11. The Labute approximate surface area is 266 Å². The van der Waals surface area contributed by atoms with Crippen LogP contribution in [0.25, 0.3) is 0 Å². The number of fused-ring (bicyclic) bond motifs is 1. The number of para-hydroxylation sites is 1. The fourth-order valence-electron chi connectivity index (χ4n) is 5.58. The quantitative estimate of drug-likeness (QED) is 0.136. The molecule has 5 aromatic carbocycles. The summed E-state index contributed by atoms with van der Waals surface area (Å²) in [6.45, 7) is 2.20. The number of hydrogen-bond donors (Lipinski definition) is 1. The maximum Gasteiger partial charge on any atom is 0.276 e. The molecule has 1 aliphatic heterocycles. The standard InChI is InChI=1S/C35H30N4O6S/c1-24-12-16-27(17-13-24)38-34(30-10-6-7-11-33(30)39(41)42)37(23-25-8-4-3-5-9-25)32-21-20-29(22-31(32)35(38)40)46(43,44)36-26-14-18-28(45-2)19-15-26/h3-22,34,36H,23H2,1-2H3/t34-/m0/s1. The van der Waals surface area contributed by atoms with Crippen LogP contribution in [0.2, 0.25) is 0 Å². The van der Waals surface area contributed by atoms with Gasteiger partial charge in [0.05, 0.1) is 33.7 Å². The van der Waals surface area contributed by atoms with E-state index < -0.39 is 27.0 Å². The Kier molecular flexibility index (Phi) is 8.16. The maximum absolute atomic E-state index is 14.6. The van der Waals surface area contributed by atoms with Gasteiger partial charge in [0.15, 0.2) is 0 Å². The Morgan fingerprint density at radius 1 is 0.870 bits per heavy atom. The largest absolute Gasteiger partial charge is 0.497 e. The van der Waals surface area contributed by atoms with E-state index >= 15 is 0 Å². The van der Waals surface area contributed by atoms with Gasteiger partial charge in [-0.3, -0.25) is 24.5 Å². The summed E-state index contributed by atoms with van der Waals surface area (Å²) in [6.07, 6.45) is -0.926. The molecule has 0 fully saturated rings. The lowest BCUT2D eigenvalue weighted by molar-refractivity contribution is -0.385. The van der Waals surface area contributed by atoms with Gasteiger partial charge in [-0.1, -0.05) is 60.2 Å². The zero-order valence-electron chi connectivity index (χ0n) is 25.0. The van der Waals surface area contributed by atoms with Crippen LogP contribution in [0.15, 0.2) is 126 Å². The normalized spacial score (nSPS) is 14.5. The van der Waals surface area contributed by atoms with Gasteiger partial charge >= 0.3 is 0 Å². The molecule has 5 aromatic rings. The van der Waals surface area contributed by atoms with Crippen LogP contribution in [-0.2, 0) is 16.6 Å². The smallest absolute Gasteiger partial charge is 0.276 e. The first kappa shape index (κ1) is 30.4. The third kappa shape index (κ3) is 5.87. The molecule has 0 radical (unpaired) electrons. The number of rotatable bonds is 9. The molecule has 0 saturated carbocycles. The summed E-state index contributed by atoms with van der Waals surface area (Å²) in [7, 11) is -2.59. The molecule has 0 aromatic heterocycles. The third-order valence-electron chi connectivity index (χ3n) is 7.84. The highest BCUT2D eigenvalue weighted by Gasteiger charge is 2.42. The molecule has 6 rings (SSSR count). The third-order valence-corrected chi connectivity index (χ3v) is 9.22. The fourth-order valence-corrected chi connectivity index (χ4v) is 6.67. The summed E-state index contributed by atoms with van der Waals surface area (Å²) < 4.78 is 34.8. The number of nitro groups is 1. The number of nitrogens with one attached hydrogen (secondary N) is 1. The Balaban J connectivity index is 1.54. The number of methoxy groups -OCH3 is 1.